The fraction of sp³-hybridized carbons (Fsp3) is 0.323. The number of aromatic nitrogens is 3. The van der Waals surface area contributed by atoms with Gasteiger partial charge in [0, 0.05) is 31.1 Å². The molecule has 1 aliphatic heterocycles. The molecule has 228 valence electrons. The van der Waals surface area contributed by atoms with Crippen LogP contribution >= 0.6 is 11.3 Å². The topological polar surface area (TPSA) is 159 Å². The zero-order valence-corrected chi connectivity index (χ0v) is 25.2. The molecule has 4 aromatic rings. The van der Waals surface area contributed by atoms with Crippen LogP contribution in [0, 0.1) is 5.92 Å². The van der Waals surface area contributed by atoms with E-state index in [0.29, 0.717) is 17.8 Å². The quantitative estimate of drug-likeness (QED) is 0.308. The van der Waals surface area contributed by atoms with Crippen LogP contribution in [-0.4, -0.2) is 63.1 Å². The summed E-state index contributed by atoms with van der Waals surface area (Å²) in [5, 5.41) is 10.9. The third kappa shape index (κ3) is 7.72. The maximum absolute atomic E-state index is 13.4. The number of nitrogens with zero attached hydrogens (tertiary/aromatic N) is 4. The van der Waals surface area contributed by atoms with Gasteiger partial charge < -0.3 is 25.3 Å². The zero-order chi connectivity index (χ0) is 31.1. The number of fused-ring (bicyclic) bond motifs is 4. The number of hydrogen-bond acceptors (Lipinski definition) is 9. The summed E-state index contributed by atoms with van der Waals surface area (Å²) >= 11 is 1.28. The Hall–Kier alpha value is -4.91. The molecule has 1 aromatic carbocycles. The van der Waals surface area contributed by atoms with Crippen LogP contribution < -0.4 is 16.0 Å². The van der Waals surface area contributed by atoms with Gasteiger partial charge in [-0.25, -0.2) is 9.97 Å². The number of carbonyl (C=O) groups is 4. The molecule has 0 aliphatic carbocycles. The second-order valence-electron chi connectivity index (χ2n) is 10.8. The Morgan fingerprint density at radius 2 is 1.80 bits per heavy atom. The van der Waals surface area contributed by atoms with Crippen LogP contribution in [-0.2, 0) is 11.2 Å². The van der Waals surface area contributed by atoms with E-state index in [2.05, 4.69) is 30.9 Å². The number of rotatable bonds is 5. The fourth-order valence-electron chi connectivity index (χ4n) is 4.79. The largest absolute Gasteiger partial charge is 0.446 e. The molecule has 3 aromatic heterocycles. The second kappa shape index (κ2) is 14.0. The van der Waals surface area contributed by atoms with Crippen LogP contribution in [0.25, 0.3) is 0 Å². The van der Waals surface area contributed by atoms with E-state index in [1.54, 1.807) is 23.6 Å². The predicted octanol–water partition coefficient (Wildman–Crippen LogP) is 3.33. The third-order valence-corrected chi connectivity index (χ3v) is 7.87. The molecule has 0 saturated heterocycles. The normalized spacial score (nSPS) is 18.2. The van der Waals surface area contributed by atoms with E-state index in [-0.39, 0.29) is 48.5 Å². The Balaban J connectivity index is 1.48. The Labute approximate surface area is 258 Å². The minimum absolute atomic E-state index is 0.0451. The zero-order valence-electron chi connectivity index (χ0n) is 24.4. The highest BCUT2D eigenvalue weighted by Gasteiger charge is 2.28. The highest BCUT2D eigenvalue weighted by atomic mass is 32.1. The molecule has 4 heterocycles. The van der Waals surface area contributed by atoms with E-state index in [1.165, 1.54) is 28.7 Å². The summed E-state index contributed by atoms with van der Waals surface area (Å²) in [7, 11) is 0. The standard InChI is InChI=1S/C31H33N7O5S/c1-19(2)14-23-30-37-25(18-44-30)27(40)33-12-13-38(31(42)21-10-6-7-11-32-21)16-26(39)34-22(15-20-8-4-3-5-9-20)29-36-24(17-43-29)28(41)35-23/h3-11,17-19,22-23H,12-16H2,1-2H3,(H,33,40)(H,34,39)(H,35,41)/t22-,23-/m0/s1. The molecular formula is C31H33N7O5S. The highest BCUT2D eigenvalue weighted by Crippen LogP contribution is 2.26. The van der Waals surface area contributed by atoms with Crippen LogP contribution in [0.15, 0.2) is 70.8 Å². The summed E-state index contributed by atoms with van der Waals surface area (Å²) < 4.78 is 5.74. The van der Waals surface area contributed by atoms with Crippen molar-refractivity contribution in [1.82, 2.24) is 35.8 Å². The number of hydrogen-bond donors (Lipinski definition) is 3. The fourth-order valence-corrected chi connectivity index (χ4v) is 5.65. The Morgan fingerprint density at radius 3 is 2.55 bits per heavy atom. The summed E-state index contributed by atoms with van der Waals surface area (Å²) in [4.78, 5) is 67.5. The molecule has 5 rings (SSSR count). The molecule has 0 saturated carbocycles. The maximum Gasteiger partial charge on any atom is 0.273 e. The molecule has 0 fully saturated rings. The van der Waals surface area contributed by atoms with E-state index in [4.69, 9.17) is 4.42 Å². The number of oxazole rings is 1. The van der Waals surface area contributed by atoms with Gasteiger partial charge in [0.05, 0.1) is 12.6 Å². The van der Waals surface area contributed by atoms with Gasteiger partial charge in [0.15, 0.2) is 5.69 Å². The van der Waals surface area contributed by atoms with Crippen LogP contribution in [0.4, 0.5) is 0 Å². The molecule has 0 radical (unpaired) electrons. The van der Waals surface area contributed by atoms with Crippen molar-refractivity contribution < 1.29 is 23.6 Å². The van der Waals surface area contributed by atoms with Crippen molar-refractivity contribution in [2.45, 2.75) is 38.8 Å². The molecule has 13 heteroatoms. The molecule has 12 nitrogen and oxygen atoms in total. The van der Waals surface area contributed by atoms with Gasteiger partial charge in [0.1, 0.15) is 28.7 Å². The number of nitrogens with one attached hydrogen (secondary N) is 3. The number of pyridine rings is 1. The molecule has 0 unspecified atom stereocenters. The van der Waals surface area contributed by atoms with Gasteiger partial charge in [-0.15, -0.1) is 11.3 Å². The van der Waals surface area contributed by atoms with Crippen molar-refractivity contribution in [3.8, 4) is 0 Å². The highest BCUT2D eigenvalue weighted by molar-refractivity contribution is 7.09. The van der Waals surface area contributed by atoms with Gasteiger partial charge in [0.2, 0.25) is 11.8 Å². The van der Waals surface area contributed by atoms with E-state index in [9.17, 15) is 19.2 Å². The minimum atomic E-state index is -0.732. The first-order valence-corrected chi connectivity index (χ1v) is 15.2. The number of benzene rings is 1. The van der Waals surface area contributed by atoms with E-state index >= 15 is 0 Å². The minimum Gasteiger partial charge on any atom is -0.446 e. The monoisotopic (exact) mass is 615 g/mol. The third-order valence-electron chi connectivity index (χ3n) is 6.91. The van der Waals surface area contributed by atoms with E-state index in [0.717, 1.165) is 5.56 Å². The van der Waals surface area contributed by atoms with Gasteiger partial charge in [-0.1, -0.05) is 50.2 Å². The van der Waals surface area contributed by atoms with E-state index < -0.39 is 35.7 Å². The Bertz CT molecular complexity index is 1610. The summed E-state index contributed by atoms with van der Waals surface area (Å²) in [6.45, 7) is 3.86. The second-order valence-corrected chi connectivity index (χ2v) is 11.7. The number of thiazole rings is 1. The average molecular weight is 616 g/mol. The van der Waals surface area contributed by atoms with Gasteiger partial charge >= 0.3 is 0 Å². The summed E-state index contributed by atoms with van der Waals surface area (Å²) in [6, 6.07) is 13.2. The van der Waals surface area contributed by atoms with Crippen LogP contribution in [0.3, 0.4) is 0 Å². The molecular weight excluding hydrogens is 582 g/mol. The van der Waals surface area contributed by atoms with Gasteiger partial charge in [-0.2, -0.15) is 0 Å². The van der Waals surface area contributed by atoms with Gasteiger partial charge in [-0.05, 0) is 30.0 Å². The van der Waals surface area contributed by atoms with Crippen LogP contribution in [0.5, 0.6) is 0 Å². The van der Waals surface area contributed by atoms with Crippen LogP contribution in [0.1, 0.15) is 80.3 Å². The lowest BCUT2D eigenvalue weighted by Crippen LogP contribution is -2.45. The summed E-state index contributed by atoms with van der Waals surface area (Å²) in [5.41, 5.74) is 1.31. The SMILES string of the molecule is CC(C)C[C@@H]1NC(=O)c2coc(n2)[C@H](Cc2ccccc2)NC(=O)CN(C(=O)c2ccccn2)CCNC(=O)c2csc1n2. The molecule has 1 aliphatic rings. The first-order valence-electron chi connectivity index (χ1n) is 14.3. The first kappa shape index (κ1) is 30.5. The maximum atomic E-state index is 13.4. The van der Waals surface area contributed by atoms with Gasteiger partial charge in [-0.3, -0.25) is 24.2 Å². The van der Waals surface area contributed by atoms with E-state index in [1.807, 2.05) is 44.2 Å². The number of amides is 4. The lowest BCUT2D eigenvalue weighted by atomic mass is 10.0. The molecule has 3 N–H and O–H groups in total. The summed E-state index contributed by atoms with van der Waals surface area (Å²) in [5.74, 6) is -1.47. The van der Waals surface area contributed by atoms with Crippen molar-refractivity contribution >= 4 is 35.0 Å². The lowest BCUT2D eigenvalue weighted by Gasteiger charge is -2.24. The van der Waals surface area contributed by atoms with Crippen molar-refractivity contribution in [1.29, 1.82) is 0 Å². The molecule has 44 heavy (non-hydrogen) atoms. The first-order chi connectivity index (χ1) is 21.3. The Kier molecular flexibility index (Phi) is 9.75. The number of carbonyl (C=O) groups excluding carboxylic acids is 4. The van der Waals surface area contributed by atoms with Crippen molar-refractivity contribution in [2.75, 3.05) is 19.6 Å². The smallest absolute Gasteiger partial charge is 0.273 e. The molecule has 4 bridgehead atoms. The molecule has 2 atom stereocenters. The Morgan fingerprint density at radius 1 is 1.00 bits per heavy atom. The molecule has 0 spiro atoms. The van der Waals surface area contributed by atoms with Crippen molar-refractivity contribution in [2.24, 2.45) is 5.92 Å². The predicted molar refractivity (Wildman–Crippen MR) is 162 cm³/mol. The van der Waals surface area contributed by atoms with Crippen molar-refractivity contribution in [3.05, 3.63) is 99.9 Å². The van der Waals surface area contributed by atoms with Gasteiger partial charge in [0.25, 0.3) is 17.7 Å². The summed E-state index contributed by atoms with van der Waals surface area (Å²) in [6.07, 6.45) is 3.67. The lowest BCUT2D eigenvalue weighted by molar-refractivity contribution is -0.122. The van der Waals surface area contributed by atoms with Crippen LogP contribution in [0.2, 0.25) is 0 Å². The average Bonchev–Trinajstić information content (AvgIpc) is 3.71. The molecule has 4 amide bonds. The van der Waals surface area contributed by atoms with Crippen molar-refractivity contribution in [3.63, 3.8) is 0 Å².